The summed E-state index contributed by atoms with van der Waals surface area (Å²) in [4.78, 5) is 23.8. The number of ether oxygens (including phenoxy) is 2. The first-order valence-corrected chi connectivity index (χ1v) is 7.83. The molecule has 0 aliphatic heterocycles. The van der Waals surface area contributed by atoms with Gasteiger partial charge >= 0.3 is 5.97 Å². The van der Waals surface area contributed by atoms with Crippen LogP contribution in [0.2, 0.25) is 5.02 Å². The molecule has 6 nitrogen and oxygen atoms in total. The van der Waals surface area contributed by atoms with Gasteiger partial charge in [-0.3, -0.25) is 4.79 Å². The smallest absolute Gasteiger partial charge is 0.326 e. The number of benzene rings is 2. The summed E-state index contributed by atoms with van der Waals surface area (Å²) in [5, 5.41) is 12.3. The number of carboxylic acids is 1. The van der Waals surface area contributed by atoms with Crippen molar-refractivity contribution in [3.63, 3.8) is 0 Å². The number of rotatable bonds is 7. The topological polar surface area (TPSA) is 84.9 Å². The molecule has 0 heterocycles. The molecule has 2 aromatic carbocycles. The van der Waals surface area contributed by atoms with Crippen molar-refractivity contribution in [3.05, 3.63) is 58.6 Å². The molecule has 2 rings (SSSR count). The molecule has 0 bridgehead atoms. The fourth-order valence-corrected chi connectivity index (χ4v) is 2.53. The monoisotopic (exact) mass is 363 g/mol. The molecule has 0 radical (unpaired) electrons. The van der Waals surface area contributed by atoms with Crippen molar-refractivity contribution < 1.29 is 24.2 Å². The minimum atomic E-state index is -1.16. The molecule has 0 aromatic heterocycles. The van der Waals surface area contributed by atoms with Gasteiger partial charge in [-0.1, -0.05) is 29.8 Å². The number of halogens is 1. The van der Waals surface area contributed by atoms with Crippen molar-refractivity contribution in [1.82, 2.24) is 5.32 Å². The van der Waals surface area contributed by atoms with E-state index in [1.807, 2.05) is 0 Å². The zero-order chi connectivity index (χ0) is 18.4. The number of carbonyl (C=O) groups is 2. The summed E-state index contributed by atoms with van der Waals surface area (Å²) in [5.74, 6) is -0.753. The summed E-state index contributed by atoms with van der Waals surface area (Å²) in [6.45, 7) is 0. The Hall–Kier alpha value is -2.73. The van der Waals surface area contributed by atoms with Crippen molar-refractivity contribution in [1.29, 1.82) is 0 Å². The standard InChI is InChI=1S/C18H18ClNO5/c1-24-15-9-12(13(19)10-16(15)25-2)8-14(18(22)23)20-17(21)11-6-4-3-5-7-11/h3-7,9-10,14H,8H2,1-2H3,(H,20,21)(H,22,23)/t14-/m0/s1. The van der Waals surface area contributed by atoms with E-state index in [0.29, 0.717) is 27.6 Å². The van der Waals surface area contributed by atoms with Gasteiger partial charge in [0.05, 0.1) is 14.2 Å². The first kappa shape index (κ1) is 18.6. The molecule has 0 aliphatic carbocycles. The van der Waals surface area contributed by atoms with E-state index in [0.717, 1.165) is 0 Å². The van der Waals surface area contributed by atoms with Crippen LogP contribution in [-0.4, -0.2) is 37.2 Å². The van der Waals surface area contributed by atoms with Crippen LogP contribution < -0.4 is 14.8 Å². The second kappa shape index (κ2) is 8.39. The molecule has 25 heavy (non-hydrogen) atoms. The Bertz CT molecular complexity index is 764. The highest BCUT2D eigenvalue weighted by Gasteiger charge is 2.23. The predicted octanol–water partition coefficient (Wildman–Crippen LogP) is 2.78. The van der Waals surface area contributed by atoms with E-state index in [2.05, 4.69) is 5.32 Å². The van der Waals surface area contributed by atoms with E-state index in [9.17, 15) is 14.7 Å². The highest BCUT2D eigenvalue weighted by molar-refractivity contribution is 6.31. The van der Waals surface area contributed by atoms with Gasteiger partial charge in [0, 0.05) is 23.1 Å². The van der Waals surface area contributed by atoms with E-state index in [1.54, 1.807) is 42.5 Å². The number of amides is 1. The van der Waals surface area contributed by atoms with Crippen LogP contribution in [0.5, 0.6) is 11.5 Å². The SMILES string of the molecule is COc1cc(Cl)c(C[C@H](NC(=O)c2ccccc2)C(=O)O)cc1OC. The van der Waals surface area contributed by atoms with E-state index < -0.39 is 17.9 Å². The third-order valence-corrected chi connectivity index (χ3v) is 3.97. The average Bonchev–Trinajstić information content (AvgIpc) is 2.62. The van der Waals surface area contributed by atoms with Crippen LogP contribution in [0, 0.1) is 0 Å². The van der Waals surface area contributed by atoms with E-state index in [1.165, 1.54) is 14.2 Å². The zero-order valence-electron chi connectivity index (χ0n) is 13.8. The third kappa shape index (κ3) is 4.64. The summed E-state index contributed by atoms with van der Waals surface area (Å²) in [6.07, 6.45) is 0.00704. The first-order chi connectivity index (χ1) is 12.0. The molecule has 0 unspecified atom stereocenters. The van der Waals surface area contributed by atoms with Crippen molar-refractivity contribution >= 4 is 23.5 Å². The molecular formula is C18H18ClNO5. The van der Waals surface area contributed by atoms with E-state index >= 15 is 0 Å². The lowest BCUT2D eigenvalue weighted by molar-refractivity contribution is -0.139. The minimum absolute atomic E-state index is 0.00704. The lowest BCUT2D eigenvalue weighted by Crippen LogP contribution is -2.42. The zero-order valence-corrected chi connectivity index (χ0v) is 14.5. The van der Waals surface area contributed by atoms with Crippen molar-refractivity contribution in [2.75, 3.05) is 14.2 Å². The minimum Gasteiger partial charge on any atom is -0.493 e. The lowest BCUT2D eigenvalue weighted by Gasteiger charge is -2.17. The molecule has 7 heteroatoms. The van der Waals surface area contributed by atoms with Crippen LogP contribution in [0.15, 0.2) is 42.5 Å². The summed E-state index contributed by atoms with van der Waals surface area (Å²) >= 11 is 6.20. The Morgan fingerprint density at radius 2 is 1.72 bits per heavy atom. The Labute approximate surface area is 150 Å². The fraction of sp³-hybridized carbons (Fsp3) is 0.222. The molecule has 0 saturated heterocycles. The van der Waals surface area contributed by atoms with Crippen molar-refractivity contribution in [3.8, 4) is 11.5 Å². The van der Waals surface area contributed by atoms with Gasteiger partial charge in [-0.15, -0.1) is 0 Å². The molecule has 132 valence electrons. The second-order valence-electron chi connectivity index (χ2n) is 5.23. The molecule has 0 fully saturated rings. The molecule has 1 amide bonds. The Morgan fingerprint density at radius 3 is 2.28 bits per heavy atom. The quantitative estimate of drug-likeness (QED) is 0.790. The Morgan fingerprint density at radius 1 is 1.12 bits per heavy atom. The summed E-state index contributed by atoms with van der Waals surface area (Å²) < 4.78 is 10.4. The Balaban J connectivity index is 2.22. The lowest BCUT2D eigenvalue weighted by atomic mass is 10.0. The number of nitrogens with one attached hydrogen (secondary N) is 1. The van der Waals surface area contributed by atoms with Gasteiger partial charge in [-0.25, -0.2) is 4.79 Å². The maximum atomic E-state index is 12.2. The average molecular weight is 364 g/mol. The van der Waals surface area contributed by atoms with Gasteiger partial charge in [0.25, 0.3) is 5.91 Å². The van der Waals surface area contributed by atoms with Gasteiger partial charge in [0.15, 0.2) is 11.5 Å². The van der Waals surface area contributed by atoms with Gasteiger partial charge in [-0.05, 0) is 23.8 Å². The third-order valence-electron chi connectivity index (χ3n) is 3.62. The van der Waals surface area contributed by atoms with Crippen molar-refractivity contribution in [2.45, 2.75) is 12.5 Å². The molecule has 2 N–H and O–H groups in total. The molecule has 2 aromatic rings. The number of hydrogen-bond donors (Lipinski definition) is 2. The largest absolute Gasteiger partial charge is 0.493 e. The molecule has 0 spiro atoms. The van der Waals surface area contributed by atoms with Crippen LogP contribution in [0.4, 0.5) is 0 Å². The Kier molecular flexibility index (Phi) is 6.25. The maximum absolute atomic E-state index is 12.2. The number of aliphatic carboxylic acids is 1. The van der Waals surface area contributed by atoms with Crippen LogP contribution in [-0.2, 0) is 11.2 Å². The first-order valence-electron chi connectivity index (χ1n) is 7.45. The molecular weight excluding hydrogens is 346 g/mol. The molecule has 0 aliphatic rings. The van der Waals surface area contributed by atoms with E-state index in [-0.39, 0.29) is 6.42 Å². The summed E-state index contributed by atoms with van der Waals surface area (Å²) in [6, 6.07) is 10.4. The predicted molar refractivity (Wildman–Crippen MR) is 93.6 cm³/mol. The highest BCUT2D eigenvalue weighted by Crippen LogP contribution is 2.33. The van der Waals surface area contributed by atoms with Gasteiger partial charge in [-0.2, -0.15) is 0 Å². The number of carboxylic acid groups (broad SMARTS) is 1. The summed E-state index contributed by atoms with van der Waals surface area (Å²) in [7, 11) is 2.95. The maximum Gasteiger partial charge on any atom is 0.326 e. The van der Waals surface area contributed by atoms with Crippen LogP contribution in [0.3, 0.4) is 0 Å². The molecule has 0 saturated carbocycles. The van der Waals surface area contributed by atoms with Gasteiger partial charge in [0.1, 0.15) is 6.04 Å². The van der Waals surface area contributed by atoms with Crippen LogP contribution in [0.1, 0.15) is 15.9 Å². The normalized spacial score (nSPS) is 11.5. The number of carbonyl (C=O) groups excluding carboxylic acids is 1. The van der Waals surface area contributed by atoms with Gasteiger partial charge < -0.3 is 19.9 Å². The van der Waals surface area contributed by atoms with Crippen LogP contribution in [0.25, 0.3) is 0 Å². The van der Waals surface area contributed by atoms with Gasteiger partial charge in [0.2, 0.25) is 0 Å². The number of hydrogen-bond acceptors (Lipinski definition) is 4. The highest BCUT2D eigenvalue weighted by atomic mass is 35.5. The second-order valence-corrected chi connectivity index (χ2v) is 5.64. The van der Waals surface area contributed by atoms with E-state index in [4.69, 9.17) is 21.1 Å². The van der Waals surface area contributed by atoms with Crippen molar-refractivity contribution in [2.24, 2.45) is 0 Å². The van der Waals surface area contributed by atoms with Crippen LogP contribution >= 0.6 is 11.6 Å². The molecule has 1 atom stereocenters. The number of methoxy groups -OCH3 is 2. The fourth-order valence-electron chi connectivity index (χ4n) is 2.30. The summed E-state index contributed by atoms with van der Waals surface area (Å²) in [5.41, 5.74) is 0.909.